The van der Waals surface area contributed by atoms with E-state index < -0.39 is 11.1 Å². The summed E-state index contributed by atoms with van der Waals surface area (Å²) in [4.78, 5) is 45.6. The molecule has 1 heterocycles. The van der Waals surface area contributed by atoms with Gasteiger partial charge in [0.05, 0.1) is 11.5 Å². The van der Waals surface area contributed by atoms with E-state index in [1.807, 2.05) is 12.1 Å². The average Bonchev–Trinajstić information content (AvgIpc) is 3.04. The van der Waals surface area contributed by atoms with Crippen molar-refractivity contribution >= 4 is 17.5 Å². The van der Waals surface area contributed by atoms with Gasteiger partial charge in [-0.05, 0) is 69.8 Å². The van der Waals surface area contributed by atoms with Crippen molar-refractivity contribution in [2.24, 2.45) is 11.8 Å². The van der Waals surface area contributed by atoms with E-state index in [0.717, 1.165) is 95.5 Å². The Hall–Kier alpha value is -2.01. The van der Waals surface area contributed by atoms with Gasteiger partial charge in [-0.15, -0.1) is 0 Å². The second-order valence-electron chi connectivity index (χ2n) is 14.6. The monoisotopic (exact) mass is 620 g/mol. The van der Waals surface area contributed by atoms with Crippen LogP contribution in [0.15, 0.2) is 24.3 Å². The summed E-state index contributed by atoms with van der Waals surface area (Å²) in [7, 11) is 0. The molecule has 0 radical (unpaired) electrons. The number of carbonyl (C=O) groups excluding carboxylic acids is 3. The number of hydrogen-bond acceptors (Lipinski definition) is 4. The number of carbonyl (C=O) groups is 3. The van der Waals surface area contributed by atoms with Crippen LogP contribution in [0.4, 0.5) is 0 Å². The highest BCUT2D eigenvalue weighted by Gasteiger charge is 2.59. The largest absolute Gasteiger partial charge is 0.326 e. The zero-order chi connectivity index (χ0) is 32.5. The summed E-state index contributed by atoms with van der Waals surface area (Å²) >= 11 is 0. The number of amides is 1. The first-order valence-electron chi connectivity index (χ1n) is 19.1. The Bertz CT molecular complexity index is 1110. The maximum atomic E-state index is 15.2. The van der Waals surface area contributed by atoms with E-state index in [0.29, 0.717) is 19.3 Å². The van der Waals surface area contributed by atoms with Crippen molar-refractivity contribution in [3.05, 3.63) is 35.4 Å². The highest BCUT2D eigenvalue weighted by molar-refractivity contribution is 6.03. The molecule has 1 N–H and O–H groups in total. The second-order valence-corrected chi connectivity index (χ2v) is 14.6. The molecule has 45 heavy (non-hydrogen) atoms. The Morgan fingerprint density at radius 1 is 0.778 bits per heavy atom. The predicted octanol–water partition coefficient (Wildman–Crippen LogP) is 9.40. The van der Waals surface area contributed by atoms with Crippen LogP contribution in [0.2, 0.25) is 0 Å². The fraction of sp³-hybridized carbons (Fsp3) is 0.775. The Morgan fingerprint density at radius 3 is 2.00 bits per heavy atom. The van der Waals surface area contributed by atoms with Crippen LogP contribution in [0.3, 0.4) is 0 Å². The highest BCUT2D eigenvalue weighted by Crippen LogP contribution is 2.46. The first kappa shape index (κ1) is 35.8. The van der Waals surface area contributed by atoms with Crippen molar-refractivity contribution in [3.8, 4) is 0 Å². The standard InChI is InChI=1S/C40H64N2O3/c1-6-11-20-30-25-27-31(28-26-30)36(43)39(8-3,9-4)41-34-23-18-14-12-16-21-32(34)37(44)40(10-5,29-7-2)42-35-24-19-15-13-17-22-33(35)38(42)45/h25-28,32-35,41H,6-24,29H2,1-5H3/t32-,33-,34+,35+,40?/m1/s1. The number of nitrogens with zero attached hydrogens (tertiary/aromatic N) is 1. The van der Waals surface area contributed by atoms with Gasteiger partial charge >= 0.3 is 0 Å². The number of rotatable bonds is 15. The molecular weight excluding hydrogens is 556 g/mol. The molecule has 1 aromatic rings. The molecule has 4 rings (SSSR count). The summed E-state index contributed by atoms with van der Waals surface area (Å²) < 4.78 is 0. The number of fused-ring (bicyclic) bond motifs is 1. The molecule has 0 spiro atoms. The zero-order valence-electron chi connectivity index (χ0n) is 29.4. The van der Waals surface area contributed by atoms with Crippen molar-refractivity contribution in [3.63, 3.8) is 0 Å². The Balaban J connectivity index is 1.65. The van der Waals surface area contributed by atoms with Crippen LogP contribution in [-0.2, 0) is 16.0 Å². The molecular formula is C40H64N2O3. The lowest BCUT2D eigenvalue weighted by atomic mass is 9.67. The van der Waals surface area contributed by atoms with Crippen molar-refractivity contribution in [2.75, 3.05) is 0 Å². The van der Waals surface area contributed by atoms with E-state index in [1.165, 1.54) is 24.8 Å². The van der Waals surface area contributed by atoms with Crippen LogP contribution in [0, 0.1) is 11.8 Å². The van der Waals surface area contributed by atoms with E-state index in [4.69, 9.17) is 0 Å². The lowest BCUT2D eigenvalue weighted by Crippen LogP contribution is -2.73. The molecule has 1 saturated heterocycles. The Labute approximate surface area is 275 Å². The molecule has 5 atom stereocenters. The van der Waals surface area contributed by atoms with E-state index in [1.54, 1.807) is 0 Å². The molecule has 5 heteroatoms. The minimum absolute atomic E-state index is 0.0715. The smallest absolute Gasteiger partial charge is 0.228 e. The number of β-lactam (4-membered cyclic amide) rings is 1. The first-order valence-corrected chi connectivity index (χ1v) is 19.1. The summed E-state index contributed by atoms with van der Waals surface area (Å²) in [6.07, 6.45) is 19.9. The third-order valence-corrected chi connectivity index (χ3v) is 12.0. The van der Waals surface area contributed by atoms with Gasteiger partial charge in [0.1, 0.15) is 5.54 Å². The molecule has 1 aromatic carbocycles. The van der Waals surface area contributed by atoms with Crippen LogP contribution in [0.5, 0.6) is 0 Å². The van der Waals surface area contributed by atoms with Gasteiger partial charge in [0, 0.05) is 23.6 Å². The van der Waals surface area contributed by atoms with Crippen LogP contribution in [0.25, 0.3) is 0 Å². The van der Waals surface area contributed by atoms with Gasteiger partial charge in [0.15, 0.2) is 11.6 Å². The SMILES string of the molecule is CCCCc1ccc(C(=O)C(CC)(CC)N[C@H]2CCCCCC[C@H]2C(=O)C(CC)(CCC)N2C(=O)[C@@H]3CCCCCC[C@@H]32)cc1. The van der Waals surface area contributed by atoms with E-state index >= 15 is 4.79 Å². The van der Waals surface area contributed by atoms with Gasteiger partial charge in [0.25, 0.3) is 0 Å². The molecule has 1 unspecified atom stereocenters. The predicted molar refractivity (Wildman–Crippen MR) is 186 cm³/mol. The normalized spacial score (nSPS) is 26.0. The number of likely N-dealkylation sites (tertiary alicyclic amines) is 1. The third kappa shape index (κ3) is 7.60. The summed E-state index contributed by atoms with van der Waals surface area (Å²) in [5, 5.41) is 3.94. The average molecular weight is 621 g/mol. The summed E-state index contributed by atoms with van der Waals surface area (Å²) in [6.45, 7) is 10.7. The molecule has 1 amide bonds. The second kappa shape index (κ2) is 16.7. The Kier molecular flexibility index (Phi) is 13.3. The number of Topliss-reactive ketones (excluding diaryl/α,β-unsaturated/α-hetero) is 2. The molecule has 2 aliphatic carbocycles. The quantitative estimate of drug-likeness (QED) is 0.157. The molecule has 5 nitrogen and oxygen atoms in total. The number of aryl methyl sites for hydroxylation is 1. The zero-order valence-corrected chi connectivity index (χ0v) is 29.4. The first-order chi connectivity index (χ1) is 21.8. The van der Waals surface area contributed by atoms with Gasteiger partial charge in [-0.3, -0.25) is 14.4 Å². The van der Waals surface area contributed by atoms with E-state index in [9.17, 15) is 9.59 Å². The van der Waals surface area contributed by atoms with Crippen molar-refractivity contribution in [2.45, 2.75) is 186 Å². The van der Waals surface area contributed by atoms with Crippen LogP contribution in [0.1, 0.15) is 173 Å². The van der Waals surface area contributed by atoms with Crippen LogP contribution >= 0.6 is 0 Å². The summed E-state index contributed by atoms with van der Waals surface area (Å²) in [5.74, 6) is 0.558. The number of benzene rings is 1. The Morgan fingerprint density at radius 2 is 1.40 bits per heavy atom. The molecule has 0 bridgehead atoms. The minimum Gasteiger partial charge on any atom is -0.326 e. The molecule has 2 saturated carbocycles. The van der Waals surface area contributed by atoms with Gasteiger partial charge in [-0.25, -0.2) is 0 Å². The molecule has 3 aliphatic rings. The maximum Gasteiger partial charge on any atom is 0.228 e. The van der Waals surface area contributed by atoms with Crippen molar-refractivity contribution in [1.82, 2.24) is 10.2 Å². The van der Waals surface area contributed by atoms with Gasteiger partial charge in [-0.1, -0.05) is 123 Å². The highest BCUT2D eigenvalue weighted by atomic mass is 16.2. The molecule has 252 valence electrons. The van der Waals surface area contributed by atoms with E-state index in [-0.39, 0.29) is 41.4 Å². The lowest BCUT2D eigenvalue weighted by molar-refractivity contribution is -0.179. The van der Waals surface area contributed by atoms with Gasteiger partial charge in [0.2, 0.25) is 5.91 Å². The number of unbranched alkanes of at least 4 members (excludes halogenated alkanes) is 1. The van der Waals surface area contributed by atoms with E-state index in [2.05, 4.69) is 57.0 Å². The summed E-state index contributed by atoms with van der Waals surface area (Å²) in [5.41, 5.74) is 0.583. The number of hydrogen-bond donors (Lipinski definition) is 1. The van der Waals surface area contributed by atoms with Crippen LogP contribution < -0.4 is 5.32 Å². The lowest BCUT2D eigenvalue weighted by Gasteiger charge is -2.58. The topological polar surface area (TPSA) is 66.5 Å². The molecule has 0 aromatic heterocycles. The third-order valence-electron chi connectivity index (χ3n) is 12.0. The van der Waals surface area contributed by atoms with Crippen LogP contribution in [-0.4, -0.2) is 45.5 Å². The van der Waals surface area contributed by atoms with Crippen molar-refractivity contribution in [1.29, 1.82) is 0 Å². The number of ketones is 2. The molecule has 3 fully saturated rings. The van der Waals surface area contributed by atoms with Crippen molar-refractivity contribution < 1.29 is 14.4 Å². The van der Waals surface area contributed by atoms with Gasteiger partial charge < -0.3 is 10.2 Å². The number of nitrogens with one attached hydrogen (secondary N) is 1. The minimum atomic E-state index is -0.741. The fourth-order valence-electron chi connectivity index (χ4n) is 9.14. The van der Waals surface area contributed by atoms with Gasteiger partial charge in [-0.2, -0.15) is 0 Å². The maximum absolute atomic E-state index is 15.2. The summed E-state index contributed by atoms with van der Waals surface area (Å²) in [6, 6.07) is 8.40. The fourth-order valence-corrected chi connectivity index (χ4v) is 9.14. The molecule has 1 aliphatic heterocycles.